The summed E-state index contributed by atoms with van der Waals surface area (Å²) in [4.78, 5) is 14.1. The molecule has 27 heavy (non-hydrogen) atoms. The van der Waals surface area contributed by atoms with Crippen LogP contribution in [0.25, 0.3) is 0 Å². The van der Waals surface area contributed by atoms with Crippen molar-refractivity contribution in [2.75, 3.05) is 19.7 Å². The minimum atomic E-state index is -4.31. The van der Waals surface area contributed by atoms with Gasteiger partial charge in [-0.25, -0.2) is 0 Å². The van der Waals surface area contributed by atoms with Gasteiger partial charge in [-0.3, -0.25) is 9.69 Å². The third-order valence-corrected chi connectivity index (χ3v) is 5.37. The average Bonchev–Trinajstić information content (AvgIpc) is 3.15. The molecule has 1 aromatic rings. The Kier molecular flexibility index (Phi) is 6.76. The zero-order chi connectivity index (χ0) is 19.3. The highest BCUT2D eigenvalue weighted by Gasteiger charge is 2.30. The van der Waals surface area contributed by atoms with E-state index in [9.17, 15) is 18.0 Å². The van der Waals surface area contributed by atoms with Gasteiger partial charge in [0.25, 0.3) is 0 Å². The smallest absolute Gasteiger partial charge is 0.368 e. The molecule has 1 saturated carbocycles. The number of amides is 1. The molecule has 3 rings (SSSR count). The van der Waals surface area contributed by atoms with Crippen molar-refractivity contribution in [3.63, 3.8) is 0 Å². The first-order valence-electron chi connectivity index (χ1n) is 9.69. The number of ether oxygens (including phenoxy) is 1. The van der Waals surface area contributed by atoms with Crippen molar-refractivity contribution in [3.8, 4) is 0 Å². The highest BCUT2D eigenvalue weighted by molar-refractivity contribution is 5.77. The molecular formula is C20H27F3N2O2. The van der Waals surface area contributed by atoms with Crippen LogP contribution in [-0.2, 0) is 22.3 Å². The summed E-state index contributed by atoms with van der Waals surface area (Å²) in [6.45, 7) is 2.12. The molecule has 0 aromatic heterocycles. The maximum atomic E-state index is 12.8. The van der Waals surface area contributed by atoms with E-state index in [0.717, 1.165) is 44.8 Å². The number of rotatable bonds is 6. The SMILES string of the molecule is O=C(COC1CCCC1)NC1CCN(Cc2cccc(C(F)(F)F)c2)CC1. The number of carbonyl (C=O) groups excluding carboxylic acids is 1. The Morgan fingerprint density at radius 2 is 1.85 bits per heavy atom. The van der Waals surface area contributed by atoms with Gasteiger partial charge >= 0.3 is 6.18 Å². The van der Waals surface area contributed by atoms with Crippen molar-refractivity contribution in [2.45, 2.75) is 63.4 Å². The van der Waals surface area contributed by atoms with Crippen LogP contribution in [0.2, 0.25) is 0 Å². The predicted molar refractivity (Wildman–Crippen MR) is 96.1 cm³/mol. The van der Waals surface area contributed by atoms with E-state index in [0.29, 0.717) is 12.1 Å². The van der Waals surface area contributed by atoms with Crippen LogP contribution >= 0.6 is 0 Å². The highest BCUT2D eigenvalue weighted by Crippen LogP contribution is 2.30. The summed E-state index contributed by atoms with van der Waals surface area (Å²) < 4.78 is 44.1. The van der Waals surface area contributed by atoms with Crippen LogP contribution < -0.4 is 5.32 Å². The van der Waals surface area contributed by atoms with Crippen molar-refractivity contribution < 1.29 is 22.7 Å². The van der Waals surface area contributed by atoms with E-state index < -0.39 is 11.7 Å². The fourth-order valence-electron chi connectivity index (χ4n) is 3.86. The molecule has 1 aromatic carbocycles. The van der Waals surface area contributed by atoms with Crippen molar-refractivity contribution in [2.24, 2.45) is 0 Å². The fourth-order valence-corrected chi connectivity index (χ4v) is 3.86. The molecule has 2 aliphatic rings. The lowest BCUT2D eigenvalue weighted by Gasteiger charge is -2.32. The number of hydrogen-bond donors (Lipinski definition) is 1. The van der Waals surface area contributed by atoms with Crippen LogP contribution in [0.1, 0.15) is 49.7 Å². The molecule has 1 saturated heterocycles. The molecule has 1 N–H and O–H groups in total. The van der Waals surface area contributed by atoms with Gasteiger partial charge in [0, 0.05) is 25.7 Å². The molecule has 0 spiro atoms. The van der Waals surface area contributed by atoms with Gasteiger partial charge in [-0.1, -0.05) is 31.0 Å². The number of benzene rings is 1. The lowest BCUT2D eigenvalue weighted by molar-refractivity contribution is -0.137. The van der Waals surface area contributed by atoms with Crippen molar-refractivity contribution >= 4 is 5.91 Å². The molecule has 7 heteroatoms. The van der Waals surface area contributed by atoms with Crippen LogP contribution in [0.4, 0.5) is 13.2 Å². The molecule has 0 radical (unpaired) electrons. The first-order valence-corrected chi connectivity index (χ1v) is 9.69. The first-order chi connectivity index (χ1) is 12.9. The molecule has 1 aliphatic carbocycles. The lowest BCUT2D eigenvalue weighted by Crippen LogP contribution is -2.45. The summed E-state index contributed by atoms with van der Waals surface area (Å²) in [5.41, 5.74) is 0.0571. The molecule has 1 aliphatic heterocycles. The minimum absolute atomic E-state index is 0.0711. The number of halogens is 3. The molecule has 4 nitrogen and oxygen atoms in total. The van der Waals surface area contributed by atoms with Gasteiger partial charge < -0.3 is 10.1 Å². The number of likely N-dealkylation sites (tertiary alicyclic amines) is 1. The lowest BCUT2D eigenvalue weighted by atomic mass is 10.0. The van der Waals surface area contributed by atoms with Crippen LogP contribution in [0.5, 0.6) is 0 Å². The van der Waals surface area contributed by atoms with Crippen LogP contribution in [0, 0.1) is 0 Å². The van der Waals surface area contributed by atoms with Gasteiger partial charge in [0.1, 0.15) is 6.61 Å². The van der Waals surface area contributed by atoms with Crippen LogP contribution in [0.15, 0.2) is 24.3 Å². The highest BCUT2D eigenvalue weighted by atomic mass is 19.4. The number of carbonyl (C=O) groups is 1. The monoisotopic (exact) mass is 384 g/mol. The average molecular weight is 384 g/mol. The van der Waals surface area contributed by atoms with E-state index in [1.165, 1.54) is 25.0 Å². The topological polar surface area (TPSA) is 41.6 Å². The second kappa shape index (κ2) is 9.06. The molecule has 1 amide bonds. The fraction of sp³-hybridized carbons (Fsp3) is 0.650. The third-order valence-electron chi connectivity index (χ3n) is 5.37. The van der Waals surface area contributed by atoms with Crippen molar-refractivity contribution in [1.82, 2.24) is 10.2 Å². The Hall–Kier alpha value is -1.60. The maximum absolute atomic E-state index is 12.8. The summed E-state index contributed by atoms with van der Waals surface area (Å²) in [5.74, 6) is -0.0711. The second-order valence-corrected chi connectivity index (χ2v) is 7.53. The van der Waals surface area contributed by atoms with Gasteiger partial charge in [0.05, 0.1) is 11.7 Å². The Bertz CT molecular complexity index is 622. The van der Waals surface area contributed by atoms with E-state index in [4.69, 9.17) is 4.74 Å². The molecule has 2 fully saturated rings. The van der Waals surface area contributed by atoms with Gasteiger partial charge in [-0.2, -0.15) is 13.2 Å². The Morgan fingerprint density at radius 3 is 2.52 bits per heavy atom. The zero-order valence-corrected chi connectivity index (χ0v) is 15.4. The first kappa shape index (κ1) is 20.1. The van der Waals surface area contributed by atoms with Gasteiger partial charge in [-0.05, 0) is 37.3 Å². The quantitative estimate of drug-likeness (QED) is 0.812. The zero-order valence-electron chi connectivity index (χ0n) is 15.4. The number of alkyl halides is 3. The number of nitrogens with zero attached hydrogens (tertiary/aromatic N) is 1. The molecule has 0 bridgehead atoms. The summed E-state index contributed by atoms with van der Waals surface area (Å²) in [6, 6.07) is 5.61. The van der Waals surface area contributed by atoms with E-state index in [1.807, 2.05) is 0 Å². The number of hydrogen-bond acceptors (Lipinski definition) is 3. The Balaban J connectivity index is 1.39. The van der Waals surface area contributed by atoms with Crippen LogP contribution in [-0.4, -0.2) is 42.6 Å². The van der Waals surface area contributed by atoms with E-state index in [2.05, 4.69) is 10.2 Å². The Labute approximate surface area is 158 Å². The van der Waals surface area contributed by atoms with Gasteiger partial charge in [0.15, 0.2) is 0 Å². The van der Waals surface area contributed by atoms with Gasteiger partial charge in [0.2, 0.25) is 5.91 Å². The van der Waals surface area contributed by atoms with E-state index >= 15 is 0 Å². The van der Waals surface area contributed by atoms with E-state index in [-0.39, 0.29) is 24.7 Å². The number of nitrogens with one attached hydrogen (secondary N) is 1. The largest absolute Gasteiger partial charge is 0.416 e. The summed E-state index contributed by atoms with van der Waals surface area (Å²) in [6.07, 6.45) is 1.95. The third kappa shape index (κ3) is 6.21. The normalized spacial score (nSPS) is 20.1. The summed E-state index contributed by atoms with van der Waals surface area (Å²) in [7, 11) is 0. The minimum Gasteiger partial charge on any atom is -0.368 e. The summed E-state index contributed by atoms with van der Waals surface area (Å²) in [5, 5.41) is 3.02. The molecule has 150 valence electrons. The van der Waals surface area contributed by atoms with Crippen LogP contribution in [0.3, 0.4) is 0 Å². The van der Waals surface area contributed by atoms with E-state index in [1.54, 1.807) is 6.07 Å². The molecule has 0 atom stereocenters. The predicted octanol–water partition coefficient (Wildman–Crippen LogP) is 3.75. The van der Waals surface area contributed by atoms with Crippen molar-refractivity contribution in [3.05, 3.63) is 35.4 Å². The molecule has 0 unspecified atom stereocenters. The molecular weight excluding hydrogens is 357 g/mol. The number of piperidine rings is 1. The molecule has 1 heterocycles. The second-order valence-electron chi connectivity index (χ2n) is 7.53. The Morgan fingerprint density at radius 1 is 1.15 bits per heavy atom. The maximum Gasteiger partial charge on any atom is 0.416 e. The summed E-state index contributed by atoms with van der Waals surface area (Å²) >= 11 is 0. The van der Waals surface area contributed by atoms with Crippen molar-refractivity contribution in [1.29, 1.82) is 0 Å². The van der Waals surface area contributed by atoms with Gasteiger partial charge in [-0.15, -0.1) is 0 Å². The standard InChI is InChI=1S/C20H27F3N2O2/c21-20(22,23)16-5-3-4-15(12-16)13-25-10-8-17(9-11-25)24-19(26)14-27-18-6-1-2-7-18/h3-5,12,17-18H,1-2,6-11,13-14H2,(H,24,26).